The summed E-state index contributed by atoms with van der Waals surface area (Å²) in [4.78, 5) is 0.719. The smallest absolute Gasteiger partial charge is 0.190 e. The molecule has 0 aliphatic carbocycles. The van der Waals surface area contributed by atoms with Crippen molar-refractivity contribution in [2.45, 2.75) is 64.2 Å². The van der Waals surface area contributed by atoms with Gasteiger partial charge in [0, 0.05) is 21.2 Å². The van der Waals surface area contributed by atoms with Crippen LogP contribution >= 0.6 is 15.9 Å². The van der Waals surface area contributed by atoms with Gasteiger partial charge in [0.2, 0.25) is 0 Å². The average Bonchev–Trinajstić information content (AvgIpc) is 2.80. The second-order valence-electron chi connectivity index (χ2n) is 11.2. The molecule has 1 atom stereocenters. The lowest BCUT2D eigenvalue weighted by Gasteiger charge is -2.29. The third kappa shape index (κ3) is 4.85. The first-order chi connectivity index (χ1) is 16.9. The molecule has 0 spiro atoms. The molecule has 0 bridgehead atoms. The van der Waals surface area contributed by atoms with Gasteiger partial charge >= 0.3 is 0 Å². The normalized spacial score (nSPS) is 13.4. The molecule has 0 saturated heterocycles. The number of rotatable bonds is 5. The van der Waals surface area contributed by atoms with Crippen LogP contribution in [0.3, 0.4) is 0 Å². The maximum absolute atomic E-state index is 13.9. The van der Waals surface area contributed by atoms with Crippen molar-refractivity contribution in [1.82, 2.24) is 0 Å². The Hall–Kier alpha value is -2.21. The molecule has 0 radical (unpaired) electrons. The Morgan fingerprint density at radius 2 is 1.42 bits per heavy atom. The summed E-state index contributed by atoms with van der Waals surface area (Å²) >= 11 is 2.00. The van der Waals surface area contributed by atoms with Gasteiger partial charge in [0.15, 0.2) is 11.1 Å². The van der Waals surface area contributed by atoms with E-state index in [0.29, 0.717) is 6.61 Å². The first kappa shape index (κ1) is 26.8. The molecule has 190 valence electrons. The van der Waals surface area contributed by atoms with Gasteiger partial charge in [-0.3, -0.25) is 4.18 Å². The molecule has 0 heterocycles. The Bertz CT molecular complexity index is 1480. The minimum atomic E-state index is -1.66. The van der Waals surface area contributed by atoms with Gasteiger partial charge in [0.25, 0.3) is 0 Å². The molecule has 0 fully saturated rings. The van der Waals surface area contributed by atoms with E-state index < -0.39 is 11.1 Å². The Kier molecular flexibility index (Phi) is 7.40. The number of hydrogen-bond acceptors (Lipinski definition) is 3. The van der Waals surface area contributed by atoms with E-state index in [2.05, 4.69) is 106 Å². The fraction of sp³-hybridized carbons (Fsp3) is 0.355. The van der Waals surface area contributed by atoms with Gasteiger partial charge in [0.05, 0.1) is 18.6 Å². The highest BCUT2D eigenvalue weighted by atomic mass is 79.9. The summed E-state index contributed by atoms with van der Waals surface area (Å²) in [5, 5.41) is 4.28. The second kappa shape index (κ2) is 9.92. The highest BCUT2D eigenvalue weighted by Gasteiger charge is 2.31. The average molecular weight is 568 g/mol. The molecule has 36 heavy (non-hydrogen) atoms. The minimum Gasteiger partial charge on any atom is -0.496 e. The standard InChI is InChI=1S/C31H35BrO3S/c1-9-35-36(33)29-25(31(5,6)7)17-19-12-10-11-13-22(19)27(29)26-23-15-14-21(32)16-20(23)18-24(28(26)34-8)30(2,3)4/h10-18H,9H2,1-8H3. The number of hydrogen-bond donors (Lipinski definition) is 0. The Morgan fingerprint density at radius 3 is 2.03 bits per heavy atom. The maximum Gasteiger partial charge on any atom is 0.190 e. The molecule has 0 saturated carbocycles. The SMILES string of the molecule is CCOS(=O)c1c(C(C)(C)C)cc2ccccc2c1-c1c(OC)c(C(C)(C)C)cc2cc(Br)ccc12. The molecular weight excluding hydrogens is 532 g/mol. The summed E-state index contributed by atoms with van der Waals surface area (Å²) < 4.78 is 26.9. The van der Waals surface area contributed by atoms with Crippen LogP contribution in [-0.2, 0) is 26.1 Å². The number of fused-ring (bicyclic) bond motifs is 2. The molecule has 5 heteroatoms. The van der Waals surface area contributed by atoms with Crippen LogP contribution in [0.2, 0.25) is 0 Å². The molecule has 0 aromatic heterocycles. The molecule has 4 aromatic rings. The van der Waals surface area contributed by atoms with Crippen LogP contribution in [0, 0.1) is 0 Å². The zero-order valence-corrected chi connectivity index (χ0v) is 24.8. The molecule has 0 amide bonds. The number of ether oxygens (including phenoxy) is 1. The van der Waals surface area contributed by atoms with Gasteiger partial charge in [-0.25, -0.2) is 4.21 Å². The molecule has 4 rings (SSSR count). The number of halogens is 1. The van der Waals surface area contributed by atoms with E-state index in [1.807, 2.05) is 13.0 Å². The van der Waals surface area contributed by atoms with Gasteiger partial charge in [0.1, 0.15) is 5.75 Å². The van der Waals surface area contributed by atoms with Crippen LogP contribution in [0.25, 0.3) is 32.7 Å². The maximum atomic E-state index is 13.9. The molecule has 3 nitrogen and oxygen atoms in total. The molecular formula is C31H35BrO3S. The van der Waals surface area contributed by atoms with Gasteiger partial charge < -0.3 is 4.74 Å². The van der Waals surface area contributed by atoms with E-state index in [1.54, 1.807) is 7.11 Å². The van der Waals surface area contributed by atoms with E-state index in [-0.39, 0.29) is 10.8 Å². The van der Waals surface area contributed by atoms with E-state index in [1.165, 1.54) is 0 Å². The summed E-state index contributed by atoms with van der Waals surface area (Å²) in [6, 6.07) is 19.0. The molecule has 0 aliphatic rings. The second-order valence-corrected chi connectivity index (χ2v) is 13.2. The Balaban J connectivity index is 2.35. The first-order valence-corrected chi connectivity index (χ1v) is 14.2. The van der Waals surface area contributed by atoms with Crippen molar-refractivity contribution in [3.63, 3.8) is 0 Å². The third-order valence-corrected chi connectivity index (χ3v) is 8.22. The fourth-order valence-electron chi connectivity index (χ4n) is 4.85. The summed E-state index contributed by atoms with van der Waals surface area (Å²) in [6.07, 6.45) is 0. The van der Waals surface area contributed by atoms with Crippen molar-refractivity contribution in [1.29, 1.82) is 0 Å². The van der Waals surface area contributed by atoms with Crippen molar-refractivity contribution in [3.8, 4) is 16.9 Å². The zero-order valence-electron chi connectivity index (χ0n) is 22.4. The molecule has 0 N–H and O–H groups in total. The quantitative estimate of drug-likeness (QED) is 0.241. The summed E-state index contributed by atoms with van der Waals surface area (Å²) in [5.41, 5.74) is 3.56. The summed E-state index contributed by atoms with van der Waals surface area (Å²) in [6.45, 7) is 15.3. The third-order valence-electron chi connectivity index (χ3n) is 6.52. The lowest BCUT2D eigenvalue weighted by Crippen LogP contribution is -2.18. The number of benzene rings is 4. The van der Waals surface area contributed by atoms with Crippen LogP contribution in [0.5, 0.6) is 5.75 Å². The summed E-state index contributed by atoms with van der Waals surface area (Å²) in [7, 11) is 1.73. The minimum absolute atomic E-state index is 0.173. The van der Waals surface area contributed by atoms with Gasteiger partial charge in [-0.15, -0.1) is 0 Å². The van der Waals surface area contributed by atoms with E-state index >= 15 is 0 Å². The van der Waals surface area contributed by atoms with Crippen molar-refractivity contribution in [2.75, 3.05) is 13.7 Å². The Labute approximate surface area is 226 Å². The van der Waals surface area contributed by atoms with E-state index in [4.69, 9.17) is 8.92 Å². The van der Waals surface area contributed by atoms with Crippen LogP contribution in [0.15, 0.2) is 64.0 Å². The topological polar surface area (TPSA) is 35.5 Å². The molecule has 0 aliphatic heterocycles. The van der Waals surface area contributed by atoms with Crippen LogP contribution in [-0.4, -0.2) is 17.9 Å². The van der Waals surface area contributed by atoms with Crippen LogP contribution < -0.4 is 4.74 Å². The number of methoxy groups -OCH3 is 1. The highest BCUT2D eigenvalue weighted by molar-refractivity contribution is 9.10. The lowest BCUT2D eigenvalue weighted by molar-refractivity contribution is 0.370. The largest absolute Gasteiger partial charge is 0.496 e. The van der Waals surface area contributed by atoms with Crippen molar-refractivity contribution in [2.24, 2.45) is 0 Å². The predicted molar refractivity (Wildman–Crippen MR) is 157 cm³/mol. The van der Waals surface area contributed by atoms with Gasteiger partial charge in [-0.2, -0.15) is 0 Å². The fourth-order valence-corrected chi connectivity index (χ4v) is 6.48. The summed E-state index contributed by atoms with van der Waals surface area (Å²) in [5.74, 6) is 0.809. The predicted octanol–water partition coefficient (Wildman–Crippen LogP) is 9.09. The van der Waals surface area contributed by atoms with Crippen molar-refractivity contribution < 1.29 is 13.1 Å². The van der Waals surface area contributed by atoms with Crippen molar-refractivity contribution >= 4 is 48.6 Å². The van der Waals surface area contributed by atoms with Gasteiger partial charge in [-0.05, 0) is 69.1 Å². The van der Waals surface area contributed by atoms with Crippen molar-refractivity contribution in [3.05, 3.63) is 70.2 Å². The highest BCUT2D eigenvalue weighted by Crippen LogP contribution is 2.50. The first-order valence-electron chi connectivity index (χ1n) is 12.3. The van der Waals surface area contributed by atoms with Crippen LogP contribution in [0.4, 0.5) is 0 Å². The lowest BCUT2D eigenvalue weighted by atomic mass is 9.79. The zero-order chi connectivity index (χ0) is 26.4. The monoisotopic (exact) mass is 566 g/mol. The molecule has 4 aromatic carbocycles. The molecule has 1 unspecified atom stereocenters. The van der Waals surface area contributed by atoms with E-state index in [0.717, 1.165) is 58.9 Å². The van der Waals surface area contributed by atoms with E-state index in [9.17, 15) is 4.21 Å². The Morgan fingerprint density at radius 1 is 0.806 bits per heavy atom. The van der Waals surface area contributed by atoms with Crippen LogP contribution in [0.1, 0.15) is 59.6 Å². The van der Waals surface area contributed by atoms with Gasteiger partial charge in [-0.1, -0.05) is 87.8 Å².